The van der Waals surface area contributed by atoms with E-state index in [1.165, 1.54) is 6.20 Å². The molecule has 1 fully saturated rings. The molecule has 1 saturated carbocycles. The molecule has 3 aromatic heterocycles. The molecule has 1 aromatic carbocycles. The molecule has 1 aliphatic rings. The van der Waals surface area contributed by atoms with E-state index < -0.39 is 11.2 Å². The molecule has 3 heterocycles. The molecule has 136 valence electrons. The van der Waals surface area contributed by atoms with Crippen LogP contribution in [0.3, 0.4) is 0 Å². The molecule has 2 atom stereocenters. The van der Waals surface area contributed by atoms with E-state index in [1.807, 2.05) is 30.3 Å². The van der Waals surface area contributed by atoms with Crippen molar-refractivity contribution in [3.63, 3.8) is 0 Å². The van der Waals surface area contributed by atoms with E-state index in [4.69, 9.17) is 0 Å². The molecular weight excluding hydrogens is 356 g/mol. The molecular formula is C20H14N6O2. The number of fused-ring (bicyclic) bond motifs is 1. The summed E-state index contributed by atoms with van der Waals surface area (Å²) in [6.45, 7) is 0. The van der Waals surface area contributed by atoms with Crippen molar-refractivity contribution in [1.29, 1.82) is 5.26 Å². The Bertz CT molecular complexity index is 1370. The van der Waals surface area contributed by atoms with Crippen molar-refractivity contribution in [2.45, 2.75) is 18.3 Å². The molecule has 0 aliphatic heterocycles. The van der Waals surface area contributed by atoms with Gasteiger partial charge < -0.3 is 4.98 Å². The SMILES string of the molecule is N#Cc1ccccc1C1CC1c1cc(-c2c[nH]c(=O)[nH]c2=O)nn2ccnc12. The van der Waals surface area contributed by atoms with Crippen molar-refractivity contribution in [2.75, 3.05) is 0 Å². The van der Waals surface area contributed by atoms with Crippen LogP contribution in [0.1, 0.15) is 34.9 Å². The average molecular weight is 370 g/mol. The zero-order valence-electron chi connectivity index (χ0n) is 14.6. The van der Waals surface area contributed by atoms with Gasteiger partial charge in [-0.2, -0.15) is 10.4 Å². The Morgan fingerprint density at radius 2 is 2.00 bits per heavy atom. The summed E-state index contributed by atoms with van der Waals surface area (Å²) in [5.74, 6) is 0.406. The number of imidazole rings is 1. The maximum atomic E-state index is 12.2. The van der Waals surface area contributed by atoms with Crippen molar-refractivity contribution >= 4 is 5.65 Å². The van der Waals surface area contributed by atoms with Gasteiger partial charge in [-0.05, 0) is 36.0 Å². The van der Waals surface area contributed by atoms with Gasteiger partial charge in [-0.3, -0.25) is 9.78 Å². The summed E-state index contributed by atoms with van der Waals surface area (Å²) in [7, 11) is 0. The fraction of sp³-hybridized carbons (Fsp3) is 0.150. The summed E-state index contributed by atoms with van der Waals surface area (Å²) >= 11 is 0. The van der Waals surface area contributed by atoms with E-state index in [0.717, 1.165) is 23.2 Å². The highest BCUT2D eigenvalue weighted by Crippen LogP contribution is 2.56. The Morgan fingerprint density at radius 1 is 1.18 bits per heavy atom. The van der Waals surface area contributed by atoms with E-state index in [9.17, 15) is 14.9 Å². The minimum absolute atomic E-state index is 0.183. The van der Waals surface area contributed by atoms with E-state index in [-0.39, 0.29) is 17.4 Å². The van der Waals surface area contributed by atoms with E-state index in [1.54, 1.807) is 16.9 Å². The zero-order valence-corrected chi connectivity index (χ0v) is 14.6. The lowest BCUT2D eigenvalue weighted by atomic mass is 10.0. The third kappa shape index (κ3) is 2.53. The van der Waals surface area contributed by atoms with Gasteiger partial charge in [-0.15, -0.1) is 0 Å². The lowest BCUT2D eigenvalue weighted by molar-refractivity contribution is 0.905. The average Bonchev–Trinajstić information content (AvgIpc) is 3.35. The highest BCUT2D eigenvalue weighted by molar-refractivity contribution is 5.64. The summed E-state index contributed by atoms with van der Waals surface area (Å²) in [6.07, 6.45) is 5.65. The van der Waals surface area contributed by atoms with Gasteiger partial charge in [0.25, 0.3) is 5.56 Å². The normalized spacial score (nSPS) is 18.1. The first kappa shape index (κ1) is 16.2. The number of aromatic amines is 2. The van der Waals surface area contributed by atoms with Crippen LogP contribution in [0.25, 0.3) is 16.9 Å². The summed E-state index contributed by atoms with van der Waals surface area (Å²) in [4.78, 5) is 32.6. The number of nitrogens with one attached hydrogen (secondary N) is 2. The fourth-order valence-electron chi connectivity index (χ4n) is 3.75. The molecule has 8 heteroatoms. The van der Waals surface area contributed by atoms with E-state index in [0.29, 0.717) is 11.3 Å². The number of rotatable bonds is 3. The molecule has 0 bridgehead atoms. The summed E-state index contributed by atoms with van der Waals surface area (Å²) in [5, 5.41) is 13.9. The second-order valence-electron chi connectivity index (χ2n) is 6.81. The van der Waals surface area contributed by atoms with E-state index in [2.05, 4.69) is 26.1 Å². The smallest absolute Gasteiger partial charge is 0.313 e. The lowest BCUT2D eigenvalue weighted by Crippen LogP contribution is -2.23. The van der Waals surface area contributed by atoms with Crippen LogP contribution in [0.5, 0.6) is 0 Å². The first-order valence-electron chi connectivity index (χ1n) is 8.81. The maximum absolute atomic E-state index is 12.2. The summed E-state index contributed by atoms with van der Waals surface area (Å²) in [5.41, 5.74) is 3.09. The van der Waals surface area contributed by atoms with Crippen LogP contribution in [0.15, 0.2) is 58.5 Å². The van der Waals surface area contributed by atoms with Gasteiger partial charge in [0, 0.05) is 24.2 Å². The lowest BCUT2D eigenvalue weighted by Gasteiger charge is -2.08. The van der Waals surface area contributed by atoms with Crippen LogP contribution in [0.4, 0.5) is 0 Å². The molecule has 8 nitrogen and oxygen atoms in total. The van der Waals surface area contributed by atoms with Crippen molar-refractivity contribution < 1.29 is 0 Å². The molecule has 4 aromatic rings. The Hall–Kier alpha value is -3.99. The number of H-pyrrole nitrogens is 2. The minimum Gasteiger partial charge on any atom is -0.313 e. The number of hydrogen-bond donors (Lipinski definition) is 2. The fourth-order valence-corrected chi connectivity index (χ4v) is 3.75. The van der Waals surface area contributed by atoms with Crippen LogP contribution in [0, 0.1) is 11.3 Å². The highest BCUT2D eigenvalue weighted by atomic mass is 16.2. The molecule has 28 heavy (non-hydrogen) atoms. The Morgan fingerprint density at radius 3 is 2.82 bits per heavy atom. The maximum Gasteiger partial charge on any atom is 0.325 e. The van der Waals surface area contributed by atoms with Gasteiger partial charge in [-0.1, -0.05) is 18.2 Å². The third-order valence-corrected chi connectivity index (χ3v) is 5.15. The Kier molecular flexibility index (Phi) is 3.49. The molecule has 2 unspecified atom stereocenters. The predicted octanol–water partition coefficient (Wildman–Crippen LogP) is 1.92. The topological polar surface area (TPSA) is 120 Å². The summed E-state index contributed by atoms with van der Waals surface area (Å²) < 4.78 is 1.64. The quantitative estimate of drug-likeness (QED) is 0.571. The summed E-state index contributed by atoms with van der Waals surface area (Å²) in [6, 6.07) is 11.7. The van der Waals surface area contributed by atoms with Gasteiger partial charge >= 0.3 is 5.69 Å². The molecule has 0 amide bonds. The van der Waals surface area contributed by atoms with Crippen molar-refractivity contribution in [2.24, 2.45) is 0 Å². The number of nitrogens with zero attached hydrogens (tertiary/aromatic N) is 4. The minimum atomic E-state index is -0.562. The number of nitriles is 1. The van der Waals surface area contributed by atoms with Crippen molar-refractivity contribution in [1.82, 2.24) is 24.6 Å². The Labute approximate surface area is 158 Å². The first-order chi connectivity index (χ1) is 13.7. The monoisotopic (exact) mass is 370 g/mol. The van der Waals surface area contributed by atoms with Gasteiger partial charge in [0.2, 0.25) is 0 Å². The zero-order chi connectivity index (χ0) is 19.3. The number of aromatic nitrogens is 5. The highest BCUT2D eigenvalue weighted by Gasteiger charge is 2.42. The van der Waals surface area contributed by atoms with Crippen LogP contribution < -0.4 is 11.2 Å². The van der Waals surface area contributed by atoms with E-state index >= 15 is 0 Å². The molecule has 0 radical (unpaired) electrons. The molecule has 1 aliphatic carbocycles. The molecule has 2 N–H and O–H groups in total. The second-order valence-corrected chi connectivity index (χ2v) is 6.81. The van der Waals surface area contributed by atoms with Gasteiger partial charge in [0.15, 0.2) is 5.65 Å². The molecule has 0 saturated heterocycles. The Balaban J connectivity index is 1.63. The van der Waals surface area contributed by atoms with Crippen molar-refractivity contribution in [3.05, 3.63) is 86.5 Å². The predicted molar refractivity (Wildman–Crippen MR) is 101 cm³/mol. The van der Waals surface area contributed by atoms with Gasteiger partial charge in [0.05, 0.1) is 22.9 Å². The van der Waals surface area contributed by atoms with Crippen LogP contribution >= 0.6 is 0 Å². The number of hydrogen-bond acceptors (Lipinski definition) is 5. The van der Waals surface area contributed by atoms with Crippen LogP contribution in [-0.4, -0.2) is 24.6 Å². The number of benzene rings is 1. The molecule has 5 rings (SSSR count). The van der Waals surface area contributed by atoms with Crippen LogP contribution in [0.2, 0.25) is 0 Å². The van der Waals surface area contributed by atoms with Gasteiger partial charge in [0.1, 0.15) is 0 Å². The molecule has 0 spiro atoms. The van der Waals surface area contributed by atoms with Crippen molar-refractivity contribution in [3.8, 4) is 17.3 Å². The van der Waals surface area contributed by atoms with Gasteiger partial charge in [-0.25, -0.2) is 14.3 Å². The third-order valence-electron chi connectivity index (χ3n) is 5.15. The largest absolute Gasteiger partial charge is 0.325 e. The van der Waals surface area contributed by atoms with Crippen LogP contribution in [-0.2, 0) is 0 Å². The second kappa shape index (κ2) is 6.03. The first-order valence-corrected chi connectivity index (χ1v) is 8.81. The standard InChI is InChI=1S/C20H14N6O2/c21-9-11-3-1-2-4-12(11)13-7-14(13)15-8-17(25-26-6-5-22-18(15)26)16-10-23-20(28)24-19(16)27/h1-6,8,10,13-14H,7H2,(H2,23,24,27,28).